The molecule has 0 saturated carbocycles. The SMILES string of the molecule is C=CCCc1ccc2cc(-c3ccc(CC/C=C/C)cc3)c(F)c(F)c2c1. The van der Waals surface area contributed by atoms with Crippen molar-refractivity contribution in [1.82, 2.24) is 0 Å². The van der Waals surface area contributed by atoms with Crippen molar-refractivity contribution in [1.29, 1.82) is 0 Å². The van der Waals surface area contributed by atoms with Gasteiger partial charge in [-0.15, -0.1) is 6.58 Å². The van der Waals surface area contributed by atoms with E-state index in [9.17, 15) is 8.78 Å². The Kier molecular flexibility index (Phi) is 6.18. The molecule has 27 heavy (non-hydrogen) atoms. The van der Waals surface area contributed by atoms with Gasteiger partial charge < -0.3 is 0 Å². The van der Waals surface area contributed by atoms with Crippen LogP contribution in [-0.4, -0.2) is 0 Å². The summed E-state index contributed by atoms with van der Waals surface area (Å²) in [6.07, 6.45) is 9.48. The molecular weight excluding hydrogens is 338 g/mol. The lowest BCUT2D eigenvalue weighted by atomic mass is 9.96. The van der Waals surface area contributed by atoms with E-state index in [-0.39, 0.29) is 0 Å². The molecule has 3 rings (SSSR count). The minimum atomic E-state index is -0.787. The highest BCUT2D eigenvalue weighted by molar-refractivity contribution is 5.89. The maximum absolute atomic E-state index is 14.7. The summed E-state index contributed by atoms with van der Waals surface area (Å²) >= 11 is 0. The van der Waals surface area contributed by atoms with Crippen LogP contribution in [0.25, 0.3) is 21.9 Å². The molecule has 3 aromatic rings. The molecule has 0 spiro atoms. The summed E-state index contributed by atoms with van der Waals surface area (Å²) < 4.78 is 29.5. The third-order valence-corrected chi connectivity index (χ3v) is 4.82. The predicted octanol–water partition coefficient (Wildman–Crippen LogP) is 7.41. The Bertz CT molecular complexity index is 966. The molecule has 0 aromatic heterocycles. The quantitative estimate of drug-likeness (QED) is 0.384. The number of hydrogen-bond acceptors (Lipinski definition) is 0. The molecule has 0 unspecified atom stereocenters. The van der Waals surface area contributed by atoms with Gasteiger partial charge in [0.15, 0.2) is 11.6 Å². The number of allylic oxidation sites excluding steroid dienone is 3. The Morgan fingerprint density at radius 3 is 2.26 bits per heavy atom. The van der Waals surface area contributed by atoms with Crippen molar-refractivity contribution in [3.63, 3.8) is 0 Å². The Morgan fingerprint density at radius 2 is 1.56 bits per heavy atom. The van der Waals surface area contributed by atoms with Gasteiger partial charge in [-0.3, -0.25) is 0 Å². The van der Waals surface area contributed by atoms with Crippen molar-refractivity contribution in [3.8, 4) is 11.1 Å². The van der Waals surface area contributed by atoms with Gasteiger partial charge in [-0.25, -0.2) is 8.78 Å². The van der Waals surface area contributed by atoms with E-state index < -0.39 is 11.6 Å². The zero-order chi connectivity index (χ0) is 19.2. The largest absolute Gasteiger partial charge is 0.203 e. The lowest BCUT2D eigenvalue weighted by molar-refractivity contribution is 0.519. The summed E-state index contributed by atoms with van der Waals surface area (Å²) in [5, 5.41) is 1.05. The fourth-order valence-corrected chi connectivity index (χ4v) is 3.28. The normalized spacial score (nSPS) is 11.4. The average Bonchev–Trinajstić information content (AvgIpc) is 2.70. The van der Waals surface area contributed by atoms with Crippen molar-refractivity contribution in [2.24, 2.45) is 0 Å². The molecule has 138 valence electrons. The second-order valence-electron chi connectivity index (χ2n) is 6.74. The lowest BCUT2D eigenvalue weighted by Gasteiger charge is -2.10. The molecule has 0 atom stereocenters. The molecule has 0 aliphatic carbocycles. The maximum atomic E-state index is 14.7. The molecule has 2 heteroatoms. The van der Waals surface area contributed by atoms with Gasteiger partial charge in [0.1, 0.15) is 0 Å². The Morgan fingerprint density at radius 1 is 0.852 bits per heavy atom. The first-order valence-corrected chi connectivity index (χ1v) is 9.36. The topological polar surface area (TPSA) is 0 Å². The van der Waals surface area contributed by atoms with Crippen molar-refractivity contribution < 1.29 is 8.78 Å². The molecule has 0 aliphatic rings. The standard InChI is InChI=1S/C25H24F2/c1-3-5-7-9-18-10-13-20(14-11-18)23-17-21-15-12-19(8-6-4-2)16-22(21)24(26)25(23)27/h3-5,10-17H,2,6-9H2,1H3/b5-3+. The van der Waals surface area contributed by atoms with E-state index in [0.29, 0.717) is 21.9 Å². The van der Waals surface area contributed by atoms with Gasteiger partial charge >= 0.3 is 0 Å². The zero-order valence-electron chi connectivity index (χ0n) is 15.6. The Labute approximate surface area is 159 Å². The number of rotatable bonds is 7. The summed E-state index contributed by atoms with van der Waals surface area (Å²) in [6, 6.07) is 15.0. The molecule has 0 saturated heterocycles. The molecule has 0 radical (unpaired) electrons. The van der Waals surface area contributed by atoms with Crippen LogP contribution in [0.2, 0.25) is 0 Å². The molecule has 0 aliphatic heterocycles. The van der Waals surface area contributed by atoms with Crippen LogP contribution in [0.4, 0.5) is 8.78 Å². The van der Waals surface area contributed by atoms with Gasteiger partial charge in [0, 0.05) is 10.9 Å². The van der Waals surface area contributed by atoms with E-state index in [2.05, 4.69) is 12.7 Å². The third-order valence-electron chi connectivity index (χ3n) is 4.82. The third kappa shape index (κ3) is 4.33. The van der Waals surface area contributed by atoms with E-state index in [1.165, 1.54) is 5.56 Å². The predicted molar refractivity (Wildman–Crippen MR) is 111 cm³/mol. The molecule has 3 aromatic carbocycles. The lowest BCUT2D eigenvalue weighted by Crippen LogP contribution is -1.94. The molecule has 0 nitrogen and oxygen atoms in total. The zero-order valence-corrected chi connectivity index (χ0v) is 15.6. The number of benzene rings is 3. The number of aryl methyl sites for hydroxylation is 2. The van der Waals surface area contributed by atoms with Crippen LogP contribution < -0.4 is 0 Å². The van der Waals surface area contributed by atoms with Crippen LogP contribution in [0, 0.1) is 11.6 Å². The van der Waals surface area contributed by atoms with Crippen molar-refractivity contribution in [3.05, 3.63) is 96.1 Å². The van der Waals surface area contributed by atoms with Crippen LogP contribution in [0.15, 0.2) is 73.3 Å². The fourth-order valence-electron chi connectivity index (χ4n) is 3.28. The summed E-state index contributed by atoms with van der Waals surface area (Å²) in [7, 11) is 0. The van der Waals surface area contributed by atoms with Gasteiger partial charge in [-0.1, -0.05) is 54.6 Å². The van der Waals surface area contributed by atoms with Crippen LogP contribution >= 0.6 is 0 Å². The minimum Gasteiger partial charge on any atom is -0.203 e. The molecular formula is C25H24F2. The van der Waals surface area contributed by atoms with Crippen molar-refractivity contribution in [2.75, 3.05) is 0 Å². The van der Waals surface area contributed by atoms with E-state index >= 15 is 0 Å². The Hall–Kier alpha value is -2.74. The summed E-state index contributed by atoms with van der Waals surface area (Å²) in [4.78, 5) is 0. The van der Waals surface area contributed by atoms with Gasteiger partial charge in [-0.2, -0.15) is 0 Å². The molecule has 0 N–H and O–H groups in total. The molecule has 0 amide bonds. The summed E-state index contributed by atoms with van der Waals surface area (Å²) in [5.41, 5.74) is 3.17. The molecule has 0 heterocycles. The summed E-state index contributed by atoms with van der Waals surface area (Å²) in [6.45, 7) is 5.71. The number of fused-ring (bicyclic) bond motifs is 1. The highest BCUT2D eigenvalue weighted by Gasteiger charge is 2.15. The van der Waals surface area contributed by atoms with Crippen LogP contribution in [0.1, 0.15) is 30.9 Å². The first kappa shape index (κ1) is 19.0. The minimum absolute atomic E-state index is 0.304. The fraction of sp³-hybridized carbons (Fsp3) is 0.200. The molecule has 0 bridgehead atoms. The van der Waals surface area contributed by atoms with E-state index in [1.54, 1.807) is 12.1 Å². The van der Waals surface area contributed by atoms with Gasteiger partial charge in [0.05, 0.1) is 0 Å². The van der Waals surface area contributed by atoms with Gasteiger partial charge in [0.25, 0.3) is 0 Å². The maximum Gasteiger partial charge on any atom is 0.167 e. The average molecular weight is 362 g/mol. The molecule has 0 fully saturated rings. The van der Waals surface area contributed by atoms with E-state index in [4.69, 9.17) is 0 Å². The van der Waals surface area contributed by atoms with E-state index in [0.717, 1.165) is 31.2 Å². The first-order chi connectivity index (χ1) is 13.1. The number of halogens is 2. The van der Waals surface area contributed by atoms with Gasteiger partial charge in [0.2, 0.25) is 0 Å². The Balaban J connectivity index is 1.95. The van der Waals surface area contributed by atoms with Crippen LogP contribution in [-0.2, 0) is 12.8 Å². The smallest absolute Gasteiger partial charge is 0.167 e. The van der Waals surface area contributed by atoms with Crippen molar-refractivity contribution in [2.45, 2.75) is 32.6 Å². The number of hydrogen-bond donors (Lipinski definition) is 0. The van der Waals surface area contributed by atoms with Crippen molar-refractivity contribution >= 4 is 10.8 Å². The van der Waals surface area contributed by atoms with Gasteiger partial charge in [-0.05, 0) is 66.8 Å². The van der Waals surface area contributed by atoms with Crippen LogP contribution in [0.3, 0.4) is 0 Å². The summed E-state index contributed by atoms with van der Waals surface area (Å²) in [5.74, 6) is -1.56. The second kappa shape index (κ2) is 8.77. The highest BCUT2D eigenvalue weighted by Crippen LogP contribution is 2.31. The second-order valence-corrected chi connectivity index (χ2v) is 6.74. The monoisotopic (exact) mass is 362 g/mol. The van der Waals surface area contributed by atoms with Crippen LogP contribution in [0.5, 0.6) is 0 Å². The highest BCUT2D eigenvalue weighted by atomic mass is 19.2. The first-order valence-electron chi connectivity index (χ1n) is 9.36. The van der Waals surface area contributed by atoms with E-state index in [1.807, 2.05) is 55.5 Å².